The zero-order valence-electron chi connectivity index (χ0n) is 6.67. The van der Waals surface area contributed by atoms with E-state index >= 15 is 0 Å². The van der Waals surface area contributed by atoms with Crippen molar-refractivity contribution in [1.29, 1.82) is 0 Å². The lowest BCUT2D eigenvalue weighted by Gasteiger charge is -1.97. The summed E-state index contributed by atoms with van der Waals surface area (Å²) in [6, 6.07) is 0. The summed E-state index contributed by atoms with van der Waals surface area (Å²) in [5.74, 6) is -0.628. The second kappa shape index (κ2) is 4.01. The fraction of sp³-hybridized carbons (Fsp3) is 0.500. The second-order valence-electron chi connectivity index (χ2n) is 2.67. The van der Waals surface area contributed by atoms with Crippen LogP contribution in [0.1, 0.15) is 19.3 Å². The third-order valence-electron chi connectivity index (χ3n) is 1.69. The molecule has 1 heterocycles. The van der Waals surface area contributed by atoms with Crippen LogP contribution in [-0.2, 0) is 9.59 Å². The van der Waals surface area contributed by atoms with Gasteiger partial charge in [0.25, 0.3) is 11.8 Å². The molecule has 1 rings (SSSR count). The maximum atomic E-state index is 10.9. The van der Waals surface area contributed by atoms with Gasteiger partial charge in [-0.3, -0.25) is 14.9 Å². The third kappa shape index (κ3) is 2.17. The van der Waals surface area contributed by atoms with Gasteiger partial charge < -0.3 is 5.11 Å². The lowest BCUT2D eigenvalue weighted by Crippen LogP contribution is -2.22. The normalized spacial score (nSPS) is 16.2. The van der Waals surface area contributed by atoms with Gasteiger partial charge in [-0.25, -0.2) is 0 Å². The average molecular weight is 169 g/mol. The molecule has 0 aromatic rings. The molecule has 0 saturated carbocycles. The summed E-state index contributed by atoms with van der Waals surface area (Å²) >= 11 is 0. The van der Waals surface area contributed by atoms with Gasteiger partial charge in [-0.15, -0.1) is 0 Å². The minimum atomic E-state index is -0.334. The van der Waals surface area contributed by atoms with E-state index < -0.39 is 0 Å². The van der Waals surface area contributed by atoms with Crippen LogP contribution in [0.25, 0.3) is 0 Å². The molecule has 2 N–H and O–H groups in total. The molecule has 0 saturated heterocycles. The van der Waals surface area contributed by atoms with Gasteiger partial charge in [0.15, 0.2) is 0 Å². The Kier molecular flexibility index (Phi) is 2.99. The minimum Gasteiger partial charge on any atom is -0.396 e. The van der Waals surface area contributed by atoms with Crippen molar-refractivity contribution in [3.05, 3.63) is 11.6 Å². The first kappa shape index (κ1) is 8.93. The Labute approximate surface area is 70.3 Å². The number of hydrogen-bond acceptors (Lipinski definition) is 3. The third-order valence-corrected chi connectivity index (χ3v) is 1.69. The van der Waals surface area contributed by atoms with Gasteiger partial charge >= 0.3 is 0 Å². The van der Waals surface area contributed by atoms with Gasteiger partial charge in [0.2, 0.25) is 0 Å². The lowest BCUT2D eigenvalue weighted by atomic mass is 10.1. The SMILES string of the molecule is O=C1C=C(CCCCO)C(=O)N1. The topological polar surface area (TPSA) is 66.4 Å². The number of unbranched alkanes of at least 4 members (excludes halogenated alkanes) is 1. The van der Waals surface area contributed by atoms with Crippen molar-refractivity contribution in [3.63, 3.8) is 0 Å². The molecule has 0 bridgehead atoms. The fourth-order valence-electron chi connectivity index (χ4n) is 1.07. The van der Waals surface area contributed by atoms with Crippen LogP contribution < -0.4 is 5.32 Å². The minimum absolute atomic E-state index is 0.128. The Morgan fingerprint density at radius 2 is 2.08 bits per heavy atom. The van der Waals surface area contributed by atoms with Crippen molar-refractivity contribution >= 4 is 11.8 Å². The number of carbonyl (C=O) groups excluding carboxylic acids is 2. The van der Waals surface area contributed by atoms with Crippen LogP contribution >= 0.6 is 0 Å². The highest BCUT2D eigenvalue weighted by Crippen LogP contribution is 2.10. The standard InChI is InChI=1S/C8H11NO3/c10-4-2-1-3-6-5-7(11)9-8(6)12/h5,10H,1-4H2,(H,9,11,12). The Morgan fingerprint density at radius 3 is 2.58 bits per heavy atom. The molecule has 1 aliphatic rings. The Morgan fingerprint density at radius 1 is 1.33 bits per heavy atom. The monoisotopic (exact) mass is 169 g/mol. The van der Waals surface area contributed by atoms with Gasteiger partial charge in [0.1, 0.15) is 0 Å². The molecule has 0 aromatic carbocycles. The molecule has 0 fully saturated rings. The summed E-state index contributed by atoms with van der Waals surface area (Å²) in [7, 11) is 0. The van der Waals surface area contributed by atoms with Gasteiger partial charge in [-0.05, 0) is 19.3 Å². The van der Waals surface area contributed by atoms with Crippen LogP contribution in [0, 0.1) is 0 Å². The van der Waals surface area contributed by atoms with Crippen molar-refractivity contribution in [2.24, 2.45) is 0 Å². The molecule has 0 atom stereocenters. The molecule has 0 aromatic heterocycles. The summed E-state index contributed by atoms with van der Waals surface area (Å²) in [5, 5.41) is 10.6. The Bertz CT molecular complexity index is 232. The molecule has 12 heavy (non-hydrogen) atoms. The number of aliphatic hydroxyl groups excluding tert-OH is 1. The Hall–Kier alpha value is -1.16. The van der Waals surface area contributed by atoms with Crippen LogP contribution in [0.3, 0.4) is 0 Å². The van der Waals surface area contributed by atoms with Gasteiger partial charge in [0.05, 0.1) is 0 Å². The van der Waals surface area contributed by atoms with E-state index in [0.29, 0.717) is 18.4 Å². The van der Waals surface area contributed by atoms with Crippen LogP contribution in [-0.4, -0.2) is 23.5 Å². The maximum Gasteiger partial charge on any atom is 0.254 e. The predicted octanol–water partition coefficient (Wildman–Crippen LogP) is -0.268. The summed E-state index contributed by atoms with van der Waals surface area (Å²) in [5.41, 5.74) is 0.522. The van der Waals surface area contributed by atoms with Crippen molar-refractivity contribution in [3.8, 4) is 0 Å². The van der Waals surface area contributed by atoms with E-state index in [1.807, 2.05) is 0 Å². The van der Waals surface area contributed by atoms with Crippen LogP contribution in [0.5, 0.6) is 0 Å². The van der Waals surface area contributed by atoms with Crippen LogP contribution in [0.15, 0.2) is 11.6 Å². The van der Waals surface area contributed by atoms with Crippen molar-refractivity contribution in [1.82, 2.24) is 5.32 Å². The first-order chi connectivity index (χ1) is 5.74. The molecule has 2 amide bonds. The first-order valence-corrected chi connectivity index (χ1v) is 3.91. The molecular weight excluding hydrogens is 158 g/mol. The van der Waals surface area contributed by atoms with Gasteiger partial charge in [0, 0.05) is 18.3 Å². The largest absolute Gasteiger partial charge is 0.396 e. The lowest BCUT2D eigenvalue weighted by molar-refractivity contribution is -0.123. The van der Waals surface area contributed by atoms with E-state index in [1.54, 1.807) is 0 Å². The van der Waals surface area contributed by atoms with Gasteiger partial charge in [-0.2, -0.15) is 0 Å². The summed E-state index contributed by atoms with van der Waals surface area (Å²) < 4.78 is 0. The summed E-state index contributed by atoms with van der Waals surface area (Å²) in [6.07, 6.45) is 3.29. The van der Waals surface area contributed by atoms with Crippen molar-refractivity contribution < 1.29 is 14.7 Å². The van der Waals surface area contributed by atoms with Gasteiger partial charge in [-0.1, -0.05) is 0 Å². The molecular formula is C8H11NO3. The number of amides is 2. The molecule has 4 heteroatoms. The summed E-state index contributed by atoms with van der Waals surface area (Å²) in [4.78, 5) is 21.6. The highest BCUT2D eigenvalue weighted by molar-refractivity contribution is 6.16. The maximum absolute atomic E-state index is 10.9. The highest BCUT2D eigenvalue weighted by Gasteiger charge is 2.19. The molecule has 0 aliphatic carbocycles. The van der Waals surface area contributed by atoms with Crippen LogP contribution in [0.2, 0.25) is 0 Å². The van der Waals surface area contributed by atoms with E-state index in [0.717, 1.165) is 6.42 Å². The number of imide groups is 1. The number of carbonyl (C=O) groups is 2. The zero-order valence-corrected chi connectivity index (χ0v) is 6.67. The van der Waals surface area contributed by atoms with E-state index in [4.69, 9.17) is 5.11 Å². The molecule has 66 valence electrons. The van der Waals surface area contributed by atoms with Crippen LogP contribution in [0.4, 0.5) is 0 Å². The van der Waals surface area contributed by atoms with Crippen molar-refractivity contribution in [2.75, 3.05) is 6.61 Å². The van der Waals surface area contributed by atoms with Crippen molar-refractivity contribution in [2.45, 2.75) is 19.3 Å². The van der Waals surface area contributed by atoms with E-state index in [1.165, 1.54) is 6.08 Å². The first-order valence-electron chi connectivity index (χ1n) is 3.91. The molecule has 4 nitrogen and oxygen atoms in total. The second-order valence-corrected chi connectivity index (χ2v) is 2.67. The number of hydrogen-bond donors (Lipinski definition) is 2. The molecule has 0 unspecified atom stereocenters. The molecule has 0 radical (unpaired) electrons. The zero-order chi connectivity index (χ0) is 8.97. The fourth-order valence-corrected chi connectivity index (χ4v) is 1.07. The summed E-state index contributed by atoms with van der Waals surface area (Å²) in [6.45, 7) is 0.128. The van der Waals surface area contributed by atoms with E-state index in [-0.39, 0.29) is 18.4 Å². The number of aliphatic hydroxyl groups is 1. The quantitative estimate of drug-likeness (QED) is 0.449. The van der Waals surface area contributed by atoms with E-state index in [9.17, 15) is 9.59 Å². The smallest absolute Gasteiger partial charge is 0.254 e. The number of rotatable bonds is 4. The number of nitrogens with one attached hydrogen (secondary N) is 1. The molecule has 0 spiro atoms. The van der Waals surface area contributed by atoms with E-state index in [2.05, 4.69) is 5.32 Å². The Balaban J connectivity index is 2.36. The average Bonchev–Trinajstić information content (AvgIpc) is 2.31. The highest BCUT2D eigenvalue weighted by atomic mass is 16.3. The predicted molar refractivity (Wildman–Crippen MR) is 42.2 cm³/mol. The molecule has 1 aliphatic heterocycles.